The highest BCUT2D eigenvalue weighted by molar-refractivity contribution is 5.84. The lowest BCUT2D eigenvalue weighted by Gasteiger charge is -2.00. The molecule has 1 rings (SSSR count). The highest BCUT2D eigenvalue weighted by atomic mass is 16.5. The van der Waals surface area contributed by atoms with Crippen LogP contribution in [0.1, 0.15) is 21.9 Å². The maximum absolute atomic E-state index is 10.9. The molecular formula is C8H10N2O2. The third-order valence-corrected chi connectivity index (χ3v) is 1.59. The minimum absolute atomic E-state index is 0.112. The van der Waals surface area contributed by atoms with Gasteiger partial charge in [0.2, 0.25) is 5.82 Å². The largest absolute Gasteiger partial charge is 0.463 e. The molecule has 0 aromatic carbocycles. The van der Waals surface area contributed by atoms with Crippen molar-refractivity contribution in [2.75, 3.05) is 7.11 Å². The standard InChI is InChI=1S/C8H10N2O2/c1-5-4-9-7(8(11)12-3)10-6(5)2/h4H,1-3H3. The first-order valence-electron chi connectivity index (χ1n) is 3.53. The Kier molecular flexibility index (Phi) is 2.38. The fraction of sp³-hybridized carbons (Fsp3) is 0.375. The summed E-state index contributed by atoms with van der Waals surface area (Å²) in [5, 5.41) is 0. The number of hydrogen-bond acceptors (Lipinski definition) is 4. The molecule has 0 amide bonds. The summed E-state index contributed by atoms with van der Waals surface area (Å²) >= 11 is 0. The van der Waals surface area contributed by atoms with Gasteiger partial charge in [-0.25, -0.2) is 14.8 Å². The zero-order valence-electron chi connectivity index (χ0n) is 7.29. The molecular weight excluding hydrogens is 156 g/mol. The van der Waals surface area contributed by atoms with Crippen LogP contribution >= 0.6 is 0 Å². The van der Waals surface area contributed by atoms with Gasteiger partial charge in [-0.05, 0) is 19.4 Å². The van der Waals surface area contributed by atoms with Crippen LogP contribution in [0.5, 0.6) is 0 Å². The second-order valence-corrected chi connectivity index (χ2v) is 2.45. The van der Waals surface area contributed by atoms with Gasteiger partial charge in [0, 0.05) is 11.9 Å². The van der Waals surface area contributed by atoms with E-state index in [1.54, 1.807) is 6.20 Å². The van der Waals surface area contributed by atoms with Crippen molar-refractivity contribution in [3.8, 4) is 0 Å². The van der Waals surface area contributed by atoms with Crippen LogP contribution in [0.15, 0.2) is 6.20 Å². The number of aryl methyl sites for hydroxylation is 2. The van der Waals surface area contributed by atoms with Crippen molar-refractivity contribution in [2.24, 2.45) is 0 Å². The number of esters is 1. The Morgan fingerprint density at radius 2 is 2.17 bits per heavy atom. The van der Waals surface area contributed by atoms with Crippen LogP contribution in [0.4, 0.5) is 0 Å². The Morgan fingerprint density at radius 3 is 2.67 bits per heavy atom. The molecule has 1 aromatic rings. The number of rotatable bonds is 1. The minimum atomic E-state index is -0.502. The van der Waals surface area contributed by atoms with Gasteiger partial charge in [-0.1, -0.05) is 0 Å². The zero-order valence-corrected chi connectivity index (χ0v) is 7.29. The summed E-state index contributed by atoms with van der Waals surface area (Å²) in [6.45, 7) is 3.71. The van der Waals surface area contributed by atoms with Crippen LogP contribution in [0.25, 0.3) is 0 Å². The summed E-state index contributed by atoms with van der Waals surface area (Å²) in [4.78, 5) is 18.7. The molecule has 12 heavy (non-hydrogen) atoms. The van der Waals surface area contributed by atoms with E-state index < -0.39 is 5.97 Å². The lowest BCUT2D eigenvalue weighted by atomic mass is 10.3. The van der Waals surface area contributed by atoms with Crippen molar-refractivity contribution in [3.05, 3.63) is 23.3 Å². The van der Waals surface area contributed by atoms with Crippen molar-refractivity contribution >= 4 is 5.97 Å². The number of ether oxygens (including phenoxy) is 1. The van der Waals surface area contributed by atoms with Gasteiger partial charge in [-0.3, -0.25) is 0 Å². The van der Waals surface area contributed by atoms with Gasteiger partial charge < -0.3 is 4.74 Å². The molecule has 0 aliphatic rings. The monoisotopic (exact) mass is 166 g/mol. The van der Waals surface area contributed by atoms with E-state index in [4.69, 9.17) is 0 Å². The SMILES string of the molecule is COC(=O)c1ncc(C)c(C)n1. The first-order chi connectivity index (χ1) is 5.65. The van der Waals surface area contributed by atoms with Crippen LogP contribution in [-0.4, -0.2) is 23.0 Å². The van der Waals surface area contributed by atoms with E-state index in [2.05, 4.69) is 14.7 Å². The van der Waals surface area contributed by atoms with Crippen molar-refractivity contribution in [1.29, 1.82) is 0 Å². The molecule has 0 spiro atoms. The predicted molar refractivity (Wildman–Crippen MR) is 42.8 cm³/mol. The normalized spacial score (nSPS) is 9.58. The Morgan fingerprint density at radius 1 is 1.50 bits per heavy atom. The predicted octanol–water partition coefficient (Wildman–Crippen LogP) is 0.880. The maximum atomic E-state index is 10.9. The van der Waals surface area contributed by atoms with Crippen LogP contribution in [0.2, 0.25) is 0 Å². The highest BCUT2D eigenvalue weighted by Crippen LogP contribution is 2.01. The second kappa shape index (κ2) is 3.30. The number of hydrogen-bond donors (Lipinski definition) is 0. The Labute approximate surface area is 70.6 Å². The first kappa shape index (κ1) is 8.64. The van der Waals surface area contributed by atoms with E-state index in [9.17, 15) is 4.79 Å². The fourth-order valence-electron chi connectivity index (χ4n) is 0.717. The maximum Gasteiger partial charge on any atom is 0.376 e. The third-order valence-electron chi connectivity index (χ3n) is 1.59. The second-order valence-electron chi connectivity index (χ2n) is 2.45. The third kappa shape index (κ3) is 1.58. The average molecular weight is 166 g/mol. The summed E-state index contributed by atoms with van der Waals surface area (Å²) in [6, 6.07) is 0. The van der Waals surface area contributed by atoms with E-state index in [0.717, 1.165) is 11.3 Å². The quantitative estimate of drug-likeness (QED) is 0.581. The van der Waals surface area contributed by atoms with Crippen LogP contribution < -0.4 is 0 Å². The zero-order chi connectivity index (χ0) is 9.14. The molecule has 0 aliphatic heterocycles. The van der Waals surface area contributed by atoms with Gasteiger partial charge in [-0.15, -0.1) is 0 Å². The van der Waals surface area contributed by atoms with Gasteiger partial charge in [0.1, 0.15) is 0 Å². The van der Waals surface area contributed by atoms with Gasteiger partial charge in [0.25, 0.3) is 0 Å². The molecule has 4 nitrogen and oxygen atoms in total. The molecule has 0 atom stereocenters. The lowest BCUT2D eigenvalue weighted by molar-refractivity contribution is 0.0586. The molecule has 0 unspecified atom stereocenters. The Balaban J connectivity index is 3.05. The summed E-state index contributed by atoms with van der Waals surface area (Å²) < 4.78 is 4.47. The minimum Gasteiger partial charge on any atom is -0.463 e. The number of aromatic nitrogens is 2. The van der Waals surface area contributed by atoms with E-state index in [0.29, 0.717) is 0 Å². The molecule has 0 fully saturated rings. The Bertz CT molecular complexity index is 310. The van der Waals surface area contributed by atoms with Crippen molar-refractivity contribution in [3.63, 3.8) is 0 Å². The first-order valence-corrected chi connectivity index (χ1v) is 3.53. The molecule has 0 saturated carbocycles. The molecule has 0 N–H and O–H groups in total. The van der Waals surface area contributed by atoms with Gasteiger partial charge >= 0.3 is 5.97 Å². The van der Waals surface area contributed by atoms with Crippen molar-refractivity contribution in [2.45, 2.75) is 13.8 Å². The molecule has 4 heteroatoms. The van der Waals surface area contributed by atoms with Crippen molar-refractivity contribution in [1.82, 2.24) is 9.97 Å². The lowest BCUT2D eigenvalue weighted by Crippen LogP contribution is -2.08. The molecule has 0 aliphatic carbocycles. The van der Waals surface area contributed by atoms with Crippen LogP contribution in [0.3, 0.4) is 0 Å². The van der Waals surface area contributed by atoms with E-state index in [-0.39, 0.29) is 5.82 Å². The molecule has 0 bridgehead atoms. The number of nitrogens with zero attached hydrogens (tertiary/aromatic N) is 2. The van der Waals surface area contributed by atoms with Crippen molar-refractivity contribution < 1.29 is 9.53 Å². The molecule has 64 valence electrons. The topological polar surface area (TPSA) is 52.1 Å². The van der Waals surface area contributed by atoms with Crippen LogP contribution in [-0.2, 0) is 4.74 Å². The fourth-order valence-corrected chi connectivity index (χ4v) is 0.717. The van der Waals surface area contributed by atoms with E-state index in [1.165, 1.54) is 7.11 Å². The van der Waals surface area contributed by atoms with Gasteiger partial charge in [0.15, 0.2) is 0 Å². The van der Waals surface area contributed by atoms with E-state index >= 15 is 0 Å². The summed E-state index contributed by atoms with van der Waals surface area (Å²) in [5.41, 5.74) is 1.76. The summed E-state index contributed by atoms with van der Waals surface area (Å²) in [7, 11) is 1.31. The van der Waals surface area contributed by atoms with Gasteiger partial charge in [0.05, 0.1) is 7.11 Å². The molecule has 0 saturated heterocycles. The molecule has 1 aromatic heterocycles. The number of carbonyl (C=O) groups is 1. The highest BCUT2D eigenvalue weighted by Gasteiger charge is 2.08. The number of carbonyl (C=O) groups excluding carboxylic acids is 1. The summed E-state index contributed by atoms with van der Waals surface area (Å²) in [5.74, 6) is -0.390. The smallest absolute Gasteiger partial charge is 0.376 e. The number of methoxy groups -OCH3 is 1. The molecule has 0 radical (unpaired) electrons. The van der Waals surface area contributed by atoms with E-state index in [1.807, 2.05) is 13.8 Å². The van der Waals surface area contributed by atoms with Gasteiger partial charge in [-0.2, -0.15) is 0 Å². The summed E-state index contributed by atoms with van der Waals surface area (Å²) in [6.07, 6.45) is 1.61. The Hall–Kier alpha value is -1.45. The molecule has 1 heterocycles. The average Bonchev–Trinajstić information content (AvgIpc) is 2.08. The van der Waals surface area contributed by atoms with Crippen LogP contribution in [0, 0.1) is 13.8 Å².